The minimum atomic E-state index is -1.47. The van der Waals surface area contributed by atoms with Crippen molar-refractivity contribution in [2.75, 3.05) is 5.32 Å². The summed E-state index contributed by atoms with van der Waals surface area (Å²) < 4.78 is 16.8. The second-order valence-electron chi connectivity index (χ2n) is 6.60. The molecule has 2 aromatic carbocycles. The summed E-state index contributed by atoms with van der Waals surface area (Å²) in [6.45, 7) is 7.80. The fourth-order valence-corrected chi connectivity index (χ4v) is 2.50. The van der Waals surface area contributed by atoms with Crippen LogP contribution in [0.4, 0.5) is 5.69 Å². The van der Waals surface area contributed by atoms with E-state index in [4.69, 9.17) is 14.3 Å². The van der Waals surface area contributed by atoms with E-state index in [0.29, 0.717) is 17.1 Å². The molecule has 0 radical (unpaired) electrons. The largest absolute Gasteiger partial charge is 0.386 e. The van der Waals surface area contributed by atoms with E-state index in [2.05, 4.69) is 5.32 Å². The first kappa shape index (κ1) is 15.0. The van der Waals surface area contributed by atoms with Gasteiger partial charge in [-0.3, -0.25) is 0 Å². The average molecular weight is 334 g/mol. The van der Waals surface area contributed by atoms with Gasteiger partial charge in [0.15, 0.2) is 0 Å². The van der Waals surface area contributed by atoms with E-state index in [9.17, 15) is 5.11 Å². The summed E-state index contributed by atoms with van der Waals surface area (Å²) in [7, 11) is 0. The van der Waals surface area contributed by atoms with Crippen LogP contribution < -0.4 is 5.32 Å². The van der Waals surface area contributed by atoms with Gasteiger partial charge in [0.2, 0.25) is 0 Å². The smallest absolute Gasteiger partial charge is 0.0840 e. The van der Waals surface area contributed by atoms with Crippen LogP contribution in [0, 0.1) is 5.92 Å². The third kappa shape index (κ3) is 5.26. The first-order valence-corrected chi connectivity index (χ1v) is 8.25. The molecule has 2 nitrogen and oxygen atoms in total. The van der Waals surface area contributed by atoms with Gasteiger partial charge in [0, 0.05) is 20.0 Å². The molecule has 0 spiro atoms. The summed E-state index contributed by atoms with van der Waals surface area (Å²) in [4.78, 5) is 0. The molecule has 124 valence electrons. The third-order valence-electron chi connectivity index (χ3n) is 3.57. The van der Waals surface area contributed by atoms with Gasteiger partial charge in [-0.1, -0.05) is 49.7 Å². The van der Waals surface area contributed by atoms with E-state index < -0.39 is 12.0 Å². The van der Waals surface area contributed by atoms with E-state index in [0.717, 1.165) is 16.8 Å². The minimum absolute atomic E-state index is 0.169. The number of hydrogen-bond acceptors (Lipinski definition) is 2. The average Bonchev–Trinajstić information content (AvgIpc) is 2.53. The molecule has 0 bridgehead atoms. The summed E-state index contributed by atoms with van der Waals surface area (Å²) in [5.41, 5.74) is 2.37. The molecule has 2 N–H and O–H groups in total. The maximum atomic E-state index is 10.0. The molecule has 0 aliphatic heterocycles. The van der Waals surface area contributed by atoms with Crippen LogP contribution in [0.15, 0.2) is 42.5 Å². The Morgan fingerprint density at radius 1 is 1.17 bits per heavy atom. The van der Waals surface area contributed by atoms with Crippen LogP contribution >= 0.6 is 11.6 Å². The number of hydrogen-bond donors (Lipinski definition) is 2. The molecule has 0 aliphatic carbocycles. The van der Waals surface area contributed by atoms with Crippen LogP contribution in [0.1, 0.15) is 47.1 Å². The van der Waals surface area contributed by atoms with Crippen LogP contribution in [-0.2, 0) is 18.5 Å². The second kappa shape index (κ2) is 7.37. The highest BCUT2D eigenvalue weighted by Crippen LogP contribution is 2.25. The van der Waals surface area contributed by atoms with Gasteiger partial charge in [-0.15, -0.1) is 0 Å². The maximum Gasteiger partial charge on any atom is 0.0840 e. The van der Waals surface area contributed by atoms with Crippen LogP contribution in [-0.4, -0.2) is 5.11 Å². The molecule has 0 heterocycles. The van der Waals surface area contributed by atoms with E-state index in [-0.39, 0.29) is 5.92 Å². The van der Waals surface area contributed by atoms with Crippen molar-refractivity contribution in [3.63, 3.8) is 0 Å². The van der Waals surface area contributed by atoms with E-state index in [1.54, 1.807) is 26.0 Å². The highest BCUT2D eigenvalue weighted by Gasteiger charge is 2.15. The molecule has 0 saturated carbocycles. The lowest BCUT2D eigenvalue weighted by Gasteiger charge is -2.18. The van der Waals surface area contributed by atoms with Gasteiger partial charge in [0.25, 0.3) is 0 Å². The highest BCUT2D eigenvalue weighted by atomic mass is 35.5. The lowest BCUT2D eigenvalue weighted by atomic mass is 9.97. The molecular weight excluding hydrogens is 306 g/mol. The molecule has 3 heteroatoms. The van der Waals surface area contributed by atoms with Gasteiger partial charge in [-0.05, 0) is 61.0 Å². The fourth-order valence-electron chi connectivity index (χ4n) is 2.33. The first-order valence-electron chi connectivity index (χ1n) is 8.87. The van der Waals surface area contributed by atoms with E-state index in [1.165, 1.54) is 0 Å². The Hall–Kier alpha value is -1.51. The number of nitrogens with one attached hydrogen (secondary N) is 1. The van der Waals surface area contributed by atoms with Gasteiger partial charge in [0.05, 0.1) is 5.60 Å². The topological polar surface area (TPSA) is 32.3 Å². The zero-order chi connectivity index (χ0) is 18.8. The van der Waals surface area contributed by atoms with Crippen molar-refractivity contribution in [3.8, 4) is 0 Å². The van der Waals surface area contributed by atoms with Gasteiger partial charge in [-0.2, -0.15) is 0 Å². The maximum absolute atomic E-state index is 10.0. The third-order valence-corrected chi connectivity index (χ3v) is 3.80. The zero-order valence-corrected chi connectivity index (χ0v) is 14.9. The Balaban J connectivity index is 2.21. The first-order chi connectivity index (χ1) is 11.5. The molecule has 0 saturated heterocycles. The number of rotatable bonds is 6. The summed E-state index contributed by atoms with van der Waals surface area (Å²) in [6, 6.07) is 13.0. The zero-order valence-electron chi connectivity index (χ0n) is 16.2. The summed E-state index contributed by atoms with van der Waals surface area (Å²) >= 11 is 6.09. The number of aliphatic hydroxyl groups is 1. The molecule has 0 amide bonds. The molecular formula is C20H26ClNO. The predicted octanol–water partition coefficient (Wildman–Crippen LogP) is 5.38. The Bertz CT molecular complexity index is 721. The molecule has 2 rings (SSSR count). The second-order valence-corrected chi connectivity index (χ2v) is 7.03. The number of halogens is 1. The number of benzene rings is 2. The van der Waals surface area contributed by atoms with Crippen molar-refractivity contribution in [1.29, 1.82) is 0 Å². The lowest BCUT2D eigenvalue weighted by Crippen LogP contribution is -2.15. The standard InChI is InChI=1S/C20H26ClNO/c1-14(2)11-16-12-18(21)9-10-19(16)22-13-15-5-7-17(8-6-15)20(3,4)23/h5-10,12,14,22-23H,11,13H2,1-4H3/i11D2. The van der Waals surface area contributed by atoms with Crippen LogP contribution in [0.3, 0.4) is 0 Å². The fraction of sp³-hybridized carbons (Fsp3) is 0.400. The molecule has 23 heavy (non-hydrogen) atoms. The van der Waals surface area contributed by atoms with Gasteiger partial charge in [0.1, 0.15) is 0 Å². The monoisotopic (exact) mass is 333 g/mol. The van der Waals surface area contributed by atoms with Crippen LogP contribution in [0.5, 0.6) is 0 Å². The van der Waals surface area contributed by atoms with E-state index >= 15 is 0 Å². The van der Waals surface area contributed by atoms with Gasteiger partial charge >= 0.3 is 0 Å². The molecule has 0 unspecified atom stereocenters. The van der Waals surface area contributed by atoms with Gasteiger partial charge in [-0.25, -0.2) is 0 Å². The van der Waals surface area contributed by atoms with Crippen molar-refractivity contribution in [3.05, 3.63) is 64.2 Å². The van der Waals surface area contributed by atoms with E-state index in [1.807, 2.05) is 44.2 Å². The van der Waals surface area contributed by atoms with Gasteiger partial charge < -0.3 is 10.4 Å². The number of anilines is 1. The van der Waals surface area contributed by atoms with Crippen molar-refractivity contribution >= 4 is 17.3 Å². The Kier molecular flexibility index (Phi) is 4.82. The van der Waals surface area contributed by atoms with Crippen molar-refractivity contribution in [2.24, 2.45) is 5.92 Å². The molecule has 0 aliphatic rings. The lowest BCUT2D eigenvalue weighted by molar-refractivity contribution is 0.0786. The van der Waals surface area contributed by atoms with Crippen LogP contribution in [0.2, 0.25) is 5.02 Å². The van der Waals surface area contributed by atoms with Crippen LogP contribution in [0.25, 0.3) is 0 Å². The Morgan fingerprint density at radius 3 is 2.39 bits per heavy atom. The predicted molar refractivity (Wildman–Crippen MR) is 99.0 cm³/mol. The SMILES string of the molecule is [2H]C([2H])(c1cc(Cl)ccc1NCc1ccc(C(C)(C)O)cc1)C(C)C. The molecule has 2 aromatic rings. The molecule has 0 fully saturated rings. The normalized spacial score (nSPS) is 13.7. The summed E-state index contributed by atoms with van der Waals surface area (Å²) in [5, 5.41) is 13.9. The van der Waals surface area contributed by atoms with Crippen molar-refractivity contribution < 1.29 is 7.85 Å². The Labute approximate surface area is 147 Å². The Morgan fingerprint density at radius 2 is 1.83 bits per heavy atom. The molecule has 0 aromatic heterocycles. The molecule has 0 atom stereocenters. The van der Waals surface area contributed by atoms with Crippen molar-refractivity contribution in [1.82, 2.24) is 0 Å². The summed E-state index contributed by atoms with van der Waals surface area (Å²) in [5.74, 6) is -0.169. The summed E-state index contributed by atoms with van der Waals surface area (Å²) in [6.07, 6.45) is -1.47. The minimum Gasteiger partial charge on any atom is -0.386 e. The quantitative estimate of drug-likeness (QED) is 0.744. The van der Waals surface area contributed by atoms with Crippen molar-refractivity contribution in [2.45, 2.75) is 46.2 Å². The highest BCUT2D eigenvalue weighted by molar-refractivity contribution is 6.30.